The number of amides is 1. The quantitative estimate of drug-likeness (QED) is 0.875. The van der Waals surface area contributed by atoms with Crippen molar-refractivity contribution in [2.75, 3.05) is 13.1 Å². The third kappa shape index (κ3) is 2.76. The zero-order chi connectivity index (χ0) is 15.6. The molecule has 1 fully saturated rings. The summed E-state index contributed by atoms with van der Waals surface area (Å²) in [4.78, 5) is 14.5. The highest BCUT2D eigenvalue weighted by Crippen LogP contribution is 2.21. The number of nitrogens with zero attached hydrogens (tertiary/aromatic N) is 1. The second-order valence-corrected chi connectivity index (χ2v) is 7.29. The molecule has 0 atom stereocenters. The highest BCUT2D eigenvalue weighted by atomic mass is 32.2. The van der Waals surface area contributed by atoms with Gasteiger partial charge in [0.25, 0.3) is 5.91 Å². The van der Waals surface area contributed by atoms with Gasteiger partial charge in [0.15, 0.2) is 0 Å². The molecule has 1 aliphatic heterocycles. The van der Waals surface area contributed by atoms with Crippen molar-refractivity contribution in [3.05, 3.63) is 60.2 Å². The third-order valence-corrected chi connectivity index (χ3v) is 5.64. The summed E-state index contributed by atoms with van der Waals surface area (Å²) in [7, 11) is -3.53. The number of sulfone groups is 1. The average molecular weight is 315 g/mol. The molecule has 0 aliphatic carbocycles. The van der Waals surface area contributed by atoms with Gasteiger partial charge in [0.05, 0.1) is 9.79 Å². The van der Waals surface area contributed by atoms with Gasteiger partial charge in [0.2, 0.25) is 9.84 Å². The fourth-order valence-corrected chi connectivity index (χ4v) is 3.90. The van der Waals surface area contributed by atoms with Gasteiger partial charge in [0.1, 0.15) is 0 Å². The first-order valence-corrected chi connectivity index (χ1v) is 8.77. The molecule has 0 radical (unpaired) electrons. The van der Waals surface area contributed by atoms with E-state index < -0.39 is 9.84 Å². The number of rotatable bonds is 3. The van der Waals surface area contributed by atoms with Crippen LogP contribution in [0.1, 0.15) is 23.2 Å². The van der Waals surface area contributed by atoms with Crippen molar-refractivity contribution in [1.29, 1.82) is 0 Å². The van der Waals surface area contributed by atoms with E-state index in [0.717, 1.165) is 25.9 Å². The van der Waals surface area contributed by atoms with Crippen LogP contribution in [0.15, 0.2) is 64.4 Å². The molecule has 4 nitrogen and oxygen atoms in total. The number of carbonyl (C=O) groups excluding carboxylic acids is 1. The zero-order valence-corrected chi connectivity index (χ0v) is 12.9. The molecule has 5 heteroatoms. The molecule has 114 valence electrons. The van der Waals surface area contributed by atoms with Gasteiger partial charge in [-0.3, -0.25) is 4.79 Å². The molecule has 0 bridgehead atoms. The van der Waals surface area contributed by atoms with Gasteiger partial charge in [-0.15, -0.1) is 0 Å². The van der Waals surface area contributed by atoms with Gasteiger partial charge in [0, 0.05) is 18.7 Å². The Balaban J connectivity index is 1.87. The maximum Gasteiger partial charge on any atom is 0.253 e. The van der Waals surface area contributed by atoms with E-state index in [1.807, 2.05) is 0 Å². The highest BCUT2D eigenvalue weighted by molar-refractivity contribution is 7.91. The lowest BCUT2D eigenvalue weighted by atomic mass is 10.2. The number of benzene rings is 2. The summed E-state index contributed by atoms with van der Waals surface area (Å²) in [5.41, 5.74) is 0.536. The van der Waals surface area contributed by atoms with E-state index in [4.69, 9.17) is 0 Å². The SMILES string of the molecule is O=C(c1ccc(S(=O)(=O)c2ccccc2)cc1)N1CCCC1. The standard InChI is InChI=1S/C17H17NO3S/c19-17(18-12-4-5-13-18)14-8-10-16(11-9-14)22(20,21)15-6-2-1-3-7-15/h1-3,6-11H,4-5,12-13H2. The van der Waals surface area contributed by atoms with Crippen LogP contribution in [0.5, 0.6) is 0 Å². The van der Waals surface area contributed by atoms with Gasteiger partial charge in [-0.2, -0.15) is 0 Å². The first-order valence-electron chi connectivity index (χ1n) is 7.28. The van der Waals surface area contributed by atoms with E-state index in [0.29, 0.717) is 5.56 Å². The minimum Gasteiger partial charge on any atom is -0.339 e. The van der Waals surface area contributed by atoms with Crippen LogP contribution in [-0.4, -0.2) is 32.3 Å². The Morgan fingerprint density at radius 2 is 1.36 bits per heavy atom. The van der Waals surface area contributed by atoms with Crippen molar-refractivity contribution in [3.63, 3.8) is 0 Å². The summed E-state index contributed by atoms with van der Waals surface area (Å²) in [5, 5.41) is 0. The predicted molar refractivity (Wildman–Crippen MR) is 83.5 cm³/mol. The summed E-state index contributed by atoms with van der Waals surface area (Å²) in [6.07, 6.45) is 2.07. The lowest BCUT2D eigenvalue weighted by Gasteiger charge is -2.15. The second-order valence-electron chi connectivity index (χ2n) is 5.34. The number of carbonyl (C=O) groups is 1. The van der Waals surface area contributed by atoms with E-state index >= 15 is 0 Å². The molecule has 0 unspecified atom stereocenters. The molecule has 0 saturated carbocycles. The monoisotopic (exact) mass is 315 g/mol. The minimum atomic E-state index is -3.53. The van der Waals surface area contributed by atoms with E-state index in [2.05, 4.69) is 0 Å². The van der Waals surface area contributed by atoms with Crippen molar-refractivity contribution in [1.82, 2.24) is 4.90 Å². The van der Waals surface area contributed by atoms with Gasteiger partial charge in [-0.25, -0.2) is 8.42 Å². The highest BCUT2D eigenvalue weighted by Gasteiger charge is 2.21. The summed E-state index contributed by atoms with van der Waals surface area (Å²) < 4.78 is 25.0. The van der Waals surface area contributed by atoms with Crippen molar-refractivity contribution in [3.8, 4) is 0 Å². The molecule has 1 amide bonds. The number of hydrogen-bond acceptors (Lipinski definition) is 3. The predicted octanol–water partition coefficient (Wildman–Crippen LogP) is 2.76. The number of likely N-dealkylation sites (tertiary alicyclic amines) is 1. The Labute approximate surface area is 130 Å². The normalized spacial score (nSPS) is 15.0. The van der Waals surface area contributed by atoms with E-state index in [9.17, 15) is 13.2 Å². The molecule has 2 aromatic rings. The molecule has 22 heavy (non-hydrogen) atoms. The maximum atomic E-state index is 12.5. The average Bonchev–Trinajstić information content (AvgIpc) is 3.09. The molecule has 1 aliphatic rings. The van der Waals surface area contributed by atoms with Crippen molar-refractivity contribution < 1.29 is 13.2 Å². The first kappa shape index (κ1) is 14.8. The fourth-order valence-electron chi connectivity index (χ4n) is 2.62. The van der Waals surface area contributed by atoms with E-state index in [-0.39, 0.29) is 15.7 Å². The molecule has 0 spiro atoms. The van der Waals surface area contributed by atoms with Crippen LogP contribution >= 0.6 is 0 Å². The minimum absolute atomic E-state index is 0.0267. The Morgan fingerprint density at radius 1 is 0.818 bits per heavy atom. The topological polar surface area (TPSA) is 54.5 Å². The molecule has 1 heterocycles. The van der Waals surface area contributed by atoms with E-state index in [1.165, 1.54) is 12.1 Å². The van der Waals surface area contributed by atoms with Gasteiger partial charge in [-0.05, 0) is 49.2 Å². The molecule has 1 saturated heterocycles. The Morgan fingerprint density at radius 3 is 1.95 bits per heavy atom. The van der Waals surface area contributed by atoms with Crippen LogP contribution in [0.25, 0.3) is 0 Å². The lowest BCUT2D eigenvalue weighted by Crippen LogP contribution is -2.27. The fraction of sp³-hybridized carbons (Fsp3) is 0.235. The molecule has 2 aromatic carbocycles. The Bertz CT molecular complexity index is 761. The largest absolute Gasteiger partial charge is 0.339 e. The van der Waals surface area contributed by atoms with Crippen molar-refractivity contribution in [2.45, 2.75) is 22.6 Å². The summed E-state index contributed by atoms with van der Waals surface area (Å²) in [6, 6.07) is 14.5. The molecule has 0 N–H and O–H groups in total. The third-order valence-electron chi connectivity index (χ3n) is 3.86. The molecular formula is C17H17NO3S. The summed E-state index contributed by atoms with van der Waals surface area (Å²) in [5.74, 6) is -0.0267. The summed E-state index contributed by atoms with van der Waals surface area (Å²) >= 11 is 0. The van der Waals surface area contributed by atoms with Crippen LogP contribution < -0.4 is 0 Å². The van der Waals surface area contributed by atoms with Crippen molar-refractivity contribution >= 4 is 15.7 Å². The van der Waals surface area contributed by atoms with Crippen LogP contribution in [0, 0.1) is 0 Å². The molecular weight excluding hydrogens is 298 g/mol. The van der Waals surface area contributed by atoms with Crippen LogP contribution in [-0.2, 0) is 9.84 Å². The van der Waals surface area contributed by atoms with Crippen LogP contribution in [0.3, 0.4) is 0 Å². The summed E-state index contributed by atoms with van der Waals surface area (Å²) in [6.45, 7) is 1.56. The van der Waals surface area contributed by atoms with Crippen molar-refractivity contribution in [2.24, 2.45) is 0 Å². The Hall–Kier alpha value is -2.14. The maximum absolute atomic E-state index is 12.5. The van der Waals surface area contributed by atoms with Gasteiger partial charge in [-0.1, -0.05) is 18.2 Å². The number of hydrogen-bond donors (Lipinski definition) is 0. The van der Waals surface area contributed by atoms with Crippen LogP contribution in [0.2, 0.25) is 0 Å². The zero-order valence-electron chi connectivity index (χ0n) is 12.1. The van der Waals surface area contributed by atoms with Gasteiger partial charge < -0.3 is 4.90 Å². The molecule has 3 rings (SSSR count). The van der Waals surface area contributed by atoms with Crippen LogP contribution in [0.4, 0.5) is 0 Å². The first-order chi connectivity index (χ1) is 10.6. The van der Waals surface area contributed by atoms with Gasteiger partial charge >= 0.3 is 0 Å². The second kappa shape index (κ2) is 5.93. The lowest BCUT2D eigenvalue weighted by molar-refractivity contribution is 0.0792. The smallest absolute Gasteiger partial charge is 0.253 e. The Kier molecular flexibility index (Phi) is 3.98. The van der Waals surface area contributed by atoms with E-state index in [1.54, 1.807) is 47.4 Å². The molecule has 0 aromatic heterocycles.